The van der Waals surface area contributed by atoms with Crippen LogP contribution in [0.25, 0.3) is 0 Å². The zero-order valence-corrected chi connectivity index (χ0v) is 11.3. The Morgan fingerprint density at radius 1 is 1.28 bits per heavy atom. The molecule has 3 heteroatoms. The quantitative estimate of drug-likeness (QED) is 0.870. The van der Waals surface area contributed by atoms with Crippen molar-refractivity contribution in [1.29, 1.82) is 0 Å². The number of rotatable bonds is 5. The van der Waals surface area contributed by atoms with Crippen LogP contribution >= 0.6 is 0 Å². The molecule has 1 aromatic carbocycles. The molecule has 2 atom stereocenters. The van der Waals surface area contributed by atoms with Gasteiger partial charge in [0.2, 0.25) is 0 Å². The van der Waals surface area contributed by atoms with Gasteiger partial charge in [-0.3, -0.25) is 0 Å². The summed E-state index contributed by atoms with van der Waals surface area (Å²) in [7, 11) is 3.46. The molecule has 3 nitrogen and oxygen atoms in total. The maximum atomic E-state index is 5.56. The summed E-state index contributed by atoms with van der Waals surface area (Å²) in [5, 5.41) is 3.60. The van der Waals surface area contributed by atoms with Crippen molar-refractivity contribution in [2.75, 3.05) is 27.4 Å². The fourth-order valence-electron chi connectivity index (χ4n) is 2.67. The second-order valence-corrected chi connectivity index (χ2v) is 4.81. The van der Waals surface area contributed by atoms with Gasteiger partial charge in [-0.05, 0) is 30.5 Å². The Morgan fingerprint density at radius 2 is 2.11 bits per heavy atom. The van der Waals surface area contributed by atoms with E-state index < -0.39 is 0 Å². The minimum absolute atomic E-state index is 0.0231. The summed E-state index contributed by atoms with van der Waals surface area (Å²) in [6, 6.07) is 9.00. The van der Waals surface area contributed by atoms with Gasteiger partial charge in [-0.25, -0.2) is 0 Å². The van der Waals surface area contributed by atoms with E-state index in [0.717, 1.165) is 6.54 Å². The van der Waals surface area contributed by atoms with Crippen molar-refractivity contribution in [3.05, 3.63) is 35.4 Å². The molecule has 0 aliphatic carbocycles. The third-order valence-electron chi connectivity index (χ3n) is 3.63. The van der Waals surface area contributed by atoms with Crippen LogP contribution in [-0.2, 0) is 9.47 Å². The van der Waals surface area contributed by atoms with Gasteiger partial charge in [0.15, 0.2) is 0 Å². The second kappa shape index (κ2) is 6.88. The average Bonchev–Trinajstić information content (AvgIpc) is 2.46. The Hall–Kier alpha value is -0.900. The summed E-state index contributed by atoms with van der Waals surface area (Å²) in [4.78, 5) is 0. The van der Waals surface area contributed by atoms with E-state index in [1.165, 1.54) is 30.4 Å². The van der Waals surface area contributed by atoms with Gasteiger partial charge in [0, 0.05) is 20.3 Å². The largest absolute Gasteiger partial charge is 0.382 e. The van der Waals surface area contributed by atoms with Gasteiger partial charge in [-0.15, -0.1) is 0 Å². The van der Waals surface area contributed by atoms with Crippen molar-refractivity contribution >= 4 is 0 Å². The Labute approximate surface area is 109 Å². The van der Waals surface area contributed by atoms with Crippen LogP contribution in [0, 0.1) is 0 Å². The molecular weight excluding hydrogens is 226 g/mol. The van der Waals surface area contributed by atoms with Crippen LogP contribution < -0.4 is 5.32 Å². The van der Waals surface area contributed by atoms with Gasteiger partial charge in [0.05, 0.1) is 6.61 Å². The van der Waals surface area contributed by atoms with Crippen LogP contribution in [0.5, 0.6) is 0 Å². The molecule has 0 saturated carbocycles. The van der Waals surface area contributed by atoms with Gasteiger partial charge in [-0.1, -0.05) is 30.7 Å². The number of ether oxygens (including phenoxy) is 2. The SMILES string of the molecule is COCC(OC)c1ccccc1C1CCCCN1. The highest BCUT2D eigenvalue weighted by molar-refractivity contribution is 5.32. The molecule has 100 valence electrons. The van der Waals surface area contributed by atoms with Gasteiger partial charge in [0.25, 0.3) is 0 Å². The predicted octanol–water partition coefficient (Wildman–Crippen LogP) is 2.84. The monoisotopic (exact) mass is 249 g/mol. The lowest BCUT2D eigenvalue weighted by atomic mass is 9.91. The molecule has 0 aromatic heterocycles. The molecule has 2 unspecified atom stereocenters. The number of hydrogen-bond donors (Lipinski definition) is 1. The molecule has 1 aliphatic heterocycles. The Balaban J connectivity index is 2.23. The lowest BCUT2D eigenvalue weighted by Crippen LogP contribution is -2.28. The summed E-state index contributed by atoms with van der Waals surface area (Å²) in [5.41, 5.74) is 2.61. The zero-order chi connectivity index (χ0) is 12.8. The molecule has 0 bridgehead atoms. The van der Waals surface area contributed by atoms with Crippen LogP contribution in [0.15, 0.2) is 24.3 Å². The smallest absolute Gasteiger partial charge is 0.106 e. The van der Waals surface area contributed by atoms with Crippen molar-refractivity contribution in [2.45, 2.75) is 31.4 Å². The third-order valence-corrected chi connectivity index (χ3v) is 3.63. The van der Waals surface area contributed by atoms with E-state index in [4.69, 9.17) is 9.47 Å². The van der Waals surface area contributed by atoms with Crippen LogP contribution in [-0.4, -0.2) is 27.4 Å². The molecule has 0 spiro atoms. The highest BCUT2D eigenvalue weighted by atomic mass is 16.5. The van der Waals surface area contributed by atoms with Crippen LogP contribution in [0.3, 0.4) is 0 Å². The number of nitrogens with one attached hydrogen (secondary N) is 1. The average molecular weight is 249 g/mol. The number of hydrogen-bond acceptors (Lipinski definition) is 3. The second-order valence-electron chi connectivity index (χ2n) is 4.81. The van der Waals surface area contributed by atoms with E-state index in [-0.39, 0.29) is 6.10 Å². The molecule has 0 amide bonds. The Bertz CT molecular complexity index is 338. The van der Waals surface area contributed by atoms with Crippen molar-refractivity contribution in [3.8, 4) is 0 Å². The van der Waals surface area contributed by atoms with Gasteiger partial charge in [0.1, 0.15) is 6.10 Å². The van der Waals surface area contributed by atoms with Gasteiger partial charge >= 0.3 is 0 Å². The summed E-state index contributed by atoms with van der Waals surface area (Å²) in [6.07, 6.45) is 3.81. The molecule has 1 saturated heterocycles. The first kappa shape index (κ1) is 13.5. The lowest BCUT2D eigenvalue weighted by molar-refractivity contribution is 0.0266. The molecule has 2 rings (SSSR count). The fraction of sp³-hybridized carbons (Fsp3) is 0.600. The first-order valence-electron chi connectivity index (χ1n) is 6.70. The molecule has 0 radical (unpaired) electrons. The maximum absolute atomic E-state index is 5.56. The first-order valence-corrected chi connectivity index (χ1v) is 6.70. The van der Waals surface area contributed by atoms with Crippen LogP contribution in [0.1, 0.15) is 42.5 Å². The molecule has 1 aliphatic rings. The van der Waals surface area contributed by atoms with E-state index >= 15 is 0 Å². The summed E-state index contributed by atoms with van der Waals surface area (Å²) < 4.78 is 10.8. The molecule has 1 aromatic rings. The summed E-state index contributed by atoms with van der Waals surface area (Å²) in [5.74, 6) is 0. The normalized spacial score (nSPS) is 21.8. The van der Waals surface area contributed by atoms with E-state index in [0.29, 0.717) is 12.6 Å². The number of benzene rings is 1. The predicted molar refractivity (Wildman–Crippen MR) is 72.7 cm³/mol. The van der Waals surface area contributed by atoms with E-state index in [1.807, 2.05) is 0 Å². The molecular formula is C15H23NO2. The minimum atomic E-state index is 0.0231. The number of piperidine rings is 1. The molecule has 1 heterocycles. The third kappa shape index (κ3) is 3.10. The number of methoxy groups -OCH3 is 2. The van der Waals surface area contributed by atoms with Crippen LogP contribution in [0.4, 0.5) is 0 Å². The van der Waals surface area contributed by atoms with Crippen molar-refractivity contribution < 1.29 is 9.47 Å². The van der Waals surface area contributed by atoms with E-state index in [2.05, 4.69) is 29.6 Å². The standard InChI is InChI=1S/C15H23NO2/c1-17-11-15(18-2)13-8-4-3-7-12(13)14-9-5-6-10-16-14/h3-4,7-8,14-16H,5-6,9-11H2,1-2H3. The molecule has 18 heavy (non-hydrogen) atoms. The maximum Gasteiger partial charge on any atom is 0.106 e. The highest BCUT2D eigenvalue weighted by Gasteiger charge is 2.21. The van der Waals surface area contributed by atoms with E-state index in [9.17, 15) is 0 Å². The van der Waals surface area contributed by atoms with Crippen molar-refractivity contribution in [3.63, 3.8) is 0 Å². The topological polar surface area (TPSA) is 30.5 Å². The highest BCUT2D eigenvalue weighted by Crippen LogP contribution is 2.30. The first-order chi connectivity index (χ1) is 8.86. The molecule has 1 N–H and O–H groups in total. The fourth-order valence-corrected chi connectivity index (χ4v) is 2.67. The summed E-state index contributed by atoms with van der Waals surface area (Å²) in [6.45, 7) is 1.71. The van der Waals surface area contributed by atoms with Crippen molar-refractivity contribution in [2.24, 2.45) is 0 Å². The Kier molecular flexibility index (Phi) is 5.17. The molecule has 1 fully saturated rings. The Morgan fingerprint density at radius 3 is 2.78 bits per heavy atom. The van der Waals surface area contributed by atoms with Gasteiger partial charge < -0.3 is 14.8 Å². The zero-order valence-electron chi connectivity index (χ0n) is 11.3. The lowest BCUT2D eigenvalue weighted by Gasteiger charge is -2.28. The summed E-state index contributed by atoms with van der Waals surface area (Å²) >= 11 is 0. The minimum Gasteiger partial charge on any atom is -0.382 e. The van der Waals surface area contributed by atoms with Gasteiger partial charge in [-0.2, -0.15) is 0 Å². The van der Waals surface area contributed by atoms with E-state index in [1.54, 1.807) is 14.2 Å². The van der Waals surface area contributed by atoms with Crippen LogP contribution in [0.2, 0.25) is 0 Å². The van der Waals surface area contributed by atoms with Crippen molar-refractivity contribution in [1.82, 2.24) is 5.32 Å².